The Morgan fingerprint density at radius 3 is 2.67 bits per heavy atom. The van der Waals surface area contributed by atoms with Crippen molar-refractivity contribution in [1.29, 1.82) is 0 Å². The topological polar surface area (TPSA) is 113 Å². The Labute approximate surface area is 141 Å². The maximum Gasteiger partial charge on any atom is 0.356 e. The van der Waals surface area contributed by atoms with Gasteiger partial charge >= 0.3 is 5.97 Å². The van der Waals surface area contributed by atoms with Crippen LogP contribution in [-0.2, 0) is 7.05 Å². The van der Waals surface area contributed by atoms with E-state index in [9.17, 15) is 9.59 Å². The van der Waals surface area contributed by atoms with Crippen LogP contribution in [0.2, 0.25) is 5.02 Å². The van der Waals surface area contributed by atoms with E-state index in [0.717, 1.165) is 5.56 Å². The number of aryl methyl sites for hydroxylation is 1. The summed E-state index contributed by atoms with van der Waals surface area (Å²) in [6, 6.07) is 8.57. The van der Waals surface area contributed by atoms with E-state index in [4.69, 9.17) is 16.7 Å². The predicted octanol–water partition coefficient (Wildman–Crippen LogP) is 2.41. The van der Waals surface area contributed by atoms with Crippen molar-refractivity contribution >= 4 is 29.2 Å². The number of carboxylic acid groups (broad SMARTS) is 1. The van der Waals surface area contributed by atoms with E-state index in [1.807, 2.05) is 0 Å². The van der Waals surface area contributed by atoms with Crippen molar-refractivity contribution in [3.8, 4) is 11.3 Å². The van der Waals surface area contributed by atoms with Gasteiger partial charge in [-0.2, -0.15) is 10.2 Å². The summed E-state index contributed by atoms with van der Waals surface area (Å²) >= 11 is 5.84. The Balaban J connectivity index is 1.82. The van der Waals surface area contributed by atoms with Gasteiger partial charge in [-0.15, -0.1) is 0 Å². The van der Waals surface area contributed by atoms with Gasteiger partial charge in [-0.1, -0.05) is 23.7 Å². The Bertz CT molecular complexity index is 914. The highest BCUT2D eigenvalue weighted by Crippen LogP contribution is 2.21. The van der Waals surface area contributed by atoms with Crippen LogP contribution in [0.1, 0.15) is 21.0 Å². The maximum atomic E-state index is 12.3. The number of H-pyrrole nitrogens is 1. The van der Waals surface area contributed by atoms with Crippen LogP contribution in [0.5, 0.6) is 0 Å². The summed E-state index contributed by atoms with van der Waals surface area (Å²) in [5, 5.41) is 22.8. The zero-order chi connectivity index (χ0) is 17.3. The van der Waals surface area contributed by atoms with E-state index in [1.54, 1.807) is 30.3 Å². The first-order valence-corrected chi connectivity index (χ1v) is 7.21. The average molecular weight is 346 g/mol. The van der Waals surface area contributed by atoms with Crippen molar-refractivity contribution in [2.75, 3.05) is 5.32 Å². The number of hydrogen-bond donors (Lipinski definition) is 3. The molecular weight excluding hydrogens is 334 g/mol. The summed E-state index contributed by atoms with van der Waals surface area (Å²) in [5.74, 6) is -1.70. The van der Waals surface area contributed by atoms with Crippen LogP contribution in [0, 0.1) is 0 Å². The van der Waals surface area contributed by atoms with Crippen LogP contribution >= 0.6 is 11.6 Å². The third-order valence-electron chi connectivity index (χ3n) is 3.35. The van der Waals surface area contributed by atoms with Crippen molar-refractivity contribution < 1.29 is 14.7 Å². The number of carboxylic acids is 1. The molecule has 0 bridgehead atoms. The lowest BCUT2D eigenvalue weighted by Crippen LogP contribution is -2.15. The monoisotopic (exact) mass is 345 g/mol. The largest absolute Gasteiger partial charge is 0.476 e. The van der Waals surface area contributed by atoms with Gasteiger partial charge < -0.3 is 10.4 Å². The molecule has 0 atom stereocenters. The zero-order valence-electron chi connectivity index (χ0n) is 12.4. The van der Waals surface area contributed by atoms with Gasteiger partial charge in [-0.05, 0) is 18.2 Å². The summed E-state index contributed by atoms with van der Waals surface area (Å²) < 4.78 is 1.17. The number of halogens is 1. The van der Waals surface area contributed by atoms with Gasteiger partial charge in [-0.25, -0.2) is 4.79 Å². The number of nitrogens with zero attached hydrogens (tertiary/aromatic N) is 3. The highest BCUT2D eigenvalue weighted by molar-refractivity contribution is 6.30. The molecule has 0 aliphatic heterocycles. The second-order valence-electron chi connectivity index (χ2n) is 4.96. The number of hydrogen-bond acceptors (Lipinski definition) is 4. The zero-order valence-corrected chi connectivity index (χ0v) is 13.2. The van der Waals surface area contributed by atoms with Gasteiger partial charge in [0, 0.05) is 17.6 Å². The summed E-state index contributed by atoms with van der Waals surface area (Å²) in [4.78, 5) is 23.5. The minimum absolute atomic E-state index is 0.109. The lowest BCUT2D eigenvalue weighted by atomic mass is 10.1. The molecule has 2 aromatic heterocycles. The first-order chi connectivity index (χ1) is 11.5. The first kappa shape index (κ1) is 15.8. The number of carbonyl (C=O) groups is 2. The number of aromatic nitrogens is 4. The minimum Gasteiger partial charge on any atom is -0.476 e. The molecule has 0 unspecified atom stereocenters. The minimum atomic E-state index is -1.18. The van der Waals surface area contributed by atoms with E-state index in [-0.39, 0.29) is 17.1 Å². The number of benzene rings is 1. The van der Waals surface area contributed by atoms with Crippen LogP contribution in [-0.4, -0.2) is 37.0 Å². The maximum absolute atomic E-state index is 12.3. The average Bonchev–Trinajstić information content (AvgIpc) is 3.15. The second kappa shape index (κ2) is 6.17. The highest BCUT2D eigenvalue weighted by Gasteiger charge is 2.19. The van der Waals surface area contributed by atoms with E-state index in [0.29, 0.717) is 10.7 Å². The van der Waals surface area contributed by atoms with Crippen molar-refractivity contribution in [2.24, 2.45) is 7.05 Å². The third-order valence-corrected chi connectivity index (χ3v) is 3.60. The van der Waals surface area contributed by atoms with Crippen LogP contribution < -0.4 is 5.32 Å². The molecule has 2 heterocycles. The number of aromatic amines is 1. The molecule has 0 aliphatic rings. The van der Waals surface area contributed by atoms with E-state index in [2.05, 4.69) is 20.6 Å². The molecular formula is C15H12ClN5O3. The summed E-state index contributed by atoms with van der Waals surface area (Å²) in [5.41, 5.74) is 1.56. The van der Waals surface area contributed by atoms with Crippen LogP contribution in [0.25, 0.3) is 11.3 Å². The van der Waals surface area contributed by atoms with Crippen molar-refractivity contribution in [3.63, 3.8) is 0 Å². The molecule has 3 aromatic rings. The van der Waals surface area contributed by atoms with Gasteiger partial charge in [-0.3, -0.25) is 14.6 Å². The fourth-order valence-electron chi connectivity index (χ4n) is 2.18. The molecule has 1 aromatic carbocycles. The lowest BCUT2D eigenvalue weighted by molar-refractivity contribution is 0.0686. The Morgan fingerprint density at radius 2 is 2.00 bits per heavy atom. The number of aromatic carboxylic acids is 1. The first-order valence-electron chi connectivity index (χ1n) is 6.83. The molecule has 1 amide bonds. The molecule has 8 nitrogen and oxygen atoms in total. The molecule has 0 spiro atoms. The summed E-state index contributed by atoms with van der Waals surface area (Å²) in [6.45, 7) is 0. The van der Waals surface area contributed by atoms with E-state index >= 15 is 0 Å². The Morgan fingerprint density at radius 1 is 1.29 bits per heavy atom. The Hall–Kier alpha value is -3.13. The normalized spacial score (nSPS) is 10.6. The molecule has 3 rings (SSSR count). The quantitative estimate of drug-likeness (QED) is 0.672. The van der Waals surface area contributed by atoms with E-state index in [1.165, 1.54) is 17.9 Å². The molecule has 0 radical (unpaired) electrons. The molecule has 122 valence electrons. The van der Waals surface area contributed by atoms with Crippen molar-refractivity contribution in [2.45, 2.75) is 0 Å². The van der Waals surface area contributed by atoms with Gasteiger partial charge in [0.25, 0.3) is 5.91 Å². The van der Waals surface area contributed by atoms with Gasteiger partial charge in [0.2, 0.25) is 0 Å². The lowest BCUT2D eigenvalue weighted by Gasteiger charge is -2.02. The van der Waals surface area contributed by atoms with Crippen LogP contribution in [0.15, 0.2) is 36.5 Å². The van der Waals surface area contributed by atoms with Crippen LogP contribution in [0.4, 0.5) is 5.69 Å². The Kier molecular flexibility index (Phi) is 4.05. The van der Waals surface area contributed by atoms with Crippen molar-refractivity contribution in [3.05, 3.63) is 52.9 Å². The molecule has 0 saturated heterocycles. The van der Waals surface area contributed by atoms with Gasteiger partial charge in [0.15, 0.2) is 5.69 Å². The standard InChI is InChI=1S/C15H12ClN5O3/c1-21-13(15(23)24)12(7-17-21)18-14(22)11-6-10(19-20-11)8-2-4-9(16)5-3-8/h2-7H,1H3,(H,18,22)(H,19,20)(H,23,24). The number of nitrogens with one attached hydrogen (secondary N) is 2. The number of anilines is 1. The predicted molar refractivity (Wildman–Crippen MR) is 87.2 cm³/mol. The smallest absolute Gasteiger partial charge is 0.356 e. The van der Waals surface area contributed by atoms with Gasteiger partial charge in [0.1, 0.15) is 5.69 Å². The number of amides is 1. The molecule has 0 fully saturated rings. The molecule has 9 heteroatoms. The summed E-state index contributed by atoms with van der Waals surface area (Å²) in [7, 11) is 1.48. The van der Waals surface area contributed by atoms with E-state index < -0.39 is 11.9 Å². The fraction of sp³-hybridized carbons (Fsp3) is 0.0667. The molecule has 0 saturated carbocycles. The van der Waals surface area contributed by atoms with Crippen LogP contribution in [0.3, 0.4) is 0 Å². The SMILES string of the molecule is Cn1ncc(NC(=O)c2cc(-c3ccc(Cl)cc3)n[nH]2)c1C(=O)O. The van der Waals surface area contributed by atoms with Gasteiger partial charge in [0.05, 0.1) is 17.6 Å². The van der Waals surface area contributed by atoms with Crippen molar-refractivity contribution in [1.82, 2.24) is 20.0 Å². The summed E-state index contributed by atoms with van der Waals surface area (Å²) in [6.07, 6.45) is 1.28. The number of rotatable bonds is 4. The second-order valence-corrected chi connectivity index (χ2v) is 5.40. The molecule has 3 N–H and O–H groups in total. The molecule has 24 heavy (non-hydrogen) atoms. The fourth-order valence-corrected chi connectivity index (χ4v) is 2.30. The third kappa shape index (κ3) is 2.99. The number of carbonyl (C=O) groups excluding carboxylic acids is 1. The highest BCUT2D eigenvalue weighted by atomic mass is 35.5. The molecule has 0 aliphatic carbocycles.